The first-order valence-corrected chi connectivity index (χ1v) is 6.20. The lowest BCUT2D eigenvalue weighted by Crippen LogP contribution is -1.77. The zero-order chi connectivity index (χ0) is 11.3. The van der Waals surface area contributed by atoms with Crippen molar-refractivity contribution < 1.29 is 0 Å². The molecule has 0 spiro atoms. The molecule has 1 heterocycles. The van der Waals surface area contributed by atoms with E-state index in [-0.39, 0.29) is 0 Å². The van der Waals surface area contributed by atoms with Gasteiger partial charge in [-0.15, -0.1) is 11.3 Å². The fourth-order valence-electron chi connectivity index (χ4n) is 1.11. The summed E-state index contributed by atoms with van der Waals surface area (Å²) in [6, 6.07) is 7.76. The highest BCUT2D eigenvalue weighted by molar-refractivity contribution is 7.13. The van der Waals surface area contributed by atoms with E-state index < -0.39 is 0 Å². The van der Waals surface area contributed by atoms with Crippen molar-refractivity contribution in [2.75, 3.05) is 0 Å². The molecule has 2 aromatic rings. The third kappa shape index (κ3) is 3.05. The van der Waals surface area contributed by atoms with Crippen molar-refractivity contribution in [3.05, 3.63) is 40.4 Å². The standard InChI is InChI=1S/C10H8ClNS.C2H6/c1-7-6-13-10(12-7)8-4-2-3-5-9(8)11;1-2/h2-6H,1H3;1-2H3. The molecule has 0 fully saturated rings. The first kappa shape index (κ1) is 12.2. The lowest BCUT2D eigenvalue weighted by Gasteiger charge is -1.97. The summed E-state index contributed by atoms with van der Waals surface area (Å²) in [6.07, 6.45) is 0. The summed E-state index contributed by atoms with van der Waals surface area (Å²) >= 11 is 7.66. The Morgan fingerprint density at radius 3 is 2.40 bits per heavy atom. The van der Waals surface area contributed by atoms with Crippen LogP contribution >= 0.6 is 22.9 Å². The maximum atomic E-state index is 6.03. The maximum absolute atomic E-state index is 6.03. The molecule has 0 aliphatic carbocycles. The Kier molecular flexibility index (Phi) is 4.79. The third-order valence-electron chi connectivity index (χ3n) is 1.72. The predicted octanol–water partition coefficient (Wildman–Crippen LogP) is 4.80. The van der Waals surface area contributed by atoms with E-state index in [4.69, 9.17) is 11.6 Å². The van der Waals surface area contributed by atoms with Crippen LogP contribution in [0.1, 0.15) is 19.5 Å². The van der Waals surface area contributed by atoms with E-state index in [1.54, 1.807) is 11.3 Å². The van der Waals surface area contributed by atoms with Gasteiger partial charge in [0.25, 0.3) is 0 Å². The van der Waals surface area contributed by atoms with Crippen molar-refractivity contribution in [1.29, 1.82) is 0 Å². The second-order valence-electron chi connectivity index (χ2n) is 2.77. The van der Waals surface area contributed by atoms with Crippen LogP contribution in [0.3, 0.4) is 0 Å². The number of nitrogens with zero attached hydrogens (tertiary/aromatic N) is 1. The minimum absolute atomic E-state index is 0.761. The third-order valence-corrected chi connectivity index (χ3v) is 3.05. The molecule has 0 atom stereocenters. The molecule has 1 aromatic heterocycles. The Morgan fingerprint density at radius 1 is 1.20 bits per heavy atom. The van der Waals surface area contributed by atoms with Gasteiger partial charge in [0, 0.05) is 16.6 Å². The fourth-order valence-corrected chi connectivity index (χ4v) is 2.23. The molecular weight excluding hydrogens is 226 g/mol. The normalized spacial score (nSPS) is 9.33. The highest BCUT2D eigenvalue weighted by Crippen LogP contribution is 2.29. The van der Waals surface area contributed by atoms with Crippen LogP contribution in [0.5, 0.6) is 0 Å². The Balaban J connectivity index is 0.000000531. The smallest absolute Gasteiger partial charge is 0.125 e. The van der Waals surface area contributed by atoms with Gasteiger partial charge in [0.05, 0.1) is 5.02 Å². The molecule has 0 radical (unpaired) electrons. The first-order valence-electron chi connectivity index (χ1n) is 4.94. The molecule has 0 bridgehead atoms. The van der Waals surface area contributed by atoms with Gasteiger partial charge >= 0.3 is 0 Å². The van der Waals surface area contributed by atoms with Crippen LogP contribution in [-0.4, -0.2) is 4.98 Å². The van der Waals surface area contributed by atoms with Crippen molar-refractivity contribution in [2.45, 2.75) is 20.8 Å². The van der Waals surface area contributed by atoms with Gasteiger partial charge in [-0.3, -0.25) is 0 Å². The Morgan fingerprint density at radius 2 is 1.87 bits per heavy atom. The number of aryl methyl sites for hydroxylation is 1. The van der Waals surface area contributed by atoms with Gasteiger partial charge in [0.15, 0.2) is 0 Å². The molecule has 0 N–H and O–H groups in total. The highest BCUT2D eigenvalue weighted by atomic mass is 35.5. The lowest BCUT2D eigenvalue weighted by molar-refractivity contribution is 1.27. The molecule has 3 heteroatoms. The number of aromatic nitrogens is 1. The van der Waals surface area contributed by atoms with Crippen molar-refractivity contribution in [3.8, 4) is 10.6 Å². The topological polar surface area (TPSA) is 12.9 Å². The molecule has 0 saturated heterocycles. The molecule has 0 aliphatic heterocycles. The van der Waals surface area contributed by atoms with E-state index in [1.165, 1.54) is 0 Å². The zero-order valence-corrected chi connectivity index (χ0v) is 10.7. The maximum Gasteiger partial charge on any atom is 0.125 e. The average molecular weight is 240 g/mol. The van der Waals surface area contributed by atoms with Gasteiger partial charge in [-0.25, -0.2) is 4.98 Å². The summed E-state index contributed by atoms with van der Waals surface area (Å²) < 4.78 is 0. The monoisotopic (exact) mass is 239 g/mol. The molecular formula is C12H14ClNS. The van der Waals surface area contributed by atoms with Crippen molar-refractivity contribution >= 4 is 22.9 Å². The molecule has 80 valence electrons. The summed E-state index contributed by atoms with van der Waals surface area (Å²) in [4.78, 5) is 4.38. The van der Waals surface area contributed by atoms with Gasteiger partial charge in [-0.05, 0) is 13.0 Å². The van der Waals surface area contributed by atoms with Crippen LogP contribution in [0.2, 0.25) is 5.02 Å². The van der Waals surface area contributed by atoms with Crippen molar-refractivity contribution in [2.24, 2.45) is 0 Å². The SMILES string of the molecule is CC.Cc1csc(-c2ccccc2Cl)n1. The number of rotatable bonds is 1. The second-order valence-corrected chi connectivity index (χ2v) is 4.04. The summed E-state index contributed by atoms with van der Waals surface area (Å²) in [6.45, 7) is 5.98. The Labute approximate surface area is 99.8 Å². The van der Waals surface area contributed by atoms with Crippen LogP contribution in [-0.2, 0) is 0 Å². The van der Waals surface area contributed by atoms with Crippen LogP contribution in [0.25, 0.3) is 10.6 Å². The van der Waals surface area contributed by atoms with Crippen LogP contribution in [0, 0.1) is 6.92 Å². The molecule has 0 aliphatic rings. The number of halogens is 1. The average Bonchev–Trinajstić information content (AvgIpc) is 2.68. The van der Waals surface area contributed by atoms with E-state index in [2.05, 4.69) is 4.98 Å². The number of thiazole rings is 1. The van der Waals surface area contributed by atoms with E-state index >= 15 is 0 Å². The number of benzene rings is 1. The predicted molar refractivity (Wildman–Crippen MR) is 68.6 cm³/mol. The molecule has 0 amide bonds. The van der Waals surface area contributed by atoms with E-state index in [0.717, 1.165) is 21.3 Å². The number of hydrogen-bond donors (Lipinski definition) is 0. The minimum Gasteiger partial charge on any atom is -0.241 e. The Hall–Kier alpha value is -0.860. The summed E-state index contributed by atoms with van der Waals surface area (Å²) in [5.41, 5.74) is 2.06. The van der Waals surface area contributed by atoms with Gasteiger partial charge in [0.2, 0.25) is 0 Å². The van der Waals surface area contributed by atoms with Crippen molar-refractivity contribution in [1.82, 2.24) is 4.98 Å². The fraction of sp³-hybridized carbons (Fsp3) is 0.250. The molecule has 2 rings (SSSR count). The first-order chi connectivity index (χ1) is 7.27. The second kappa shape index (κ2) is 5.89. The van der Waals surface area contributed by atoms with Gasteiger partial charge in [-0.1, -0.05) is 43.6 Å². The number of hydrogen-bond acceptors (Lipinski definition) is 2. The van der Waals surface area contributed by atoms with Crippen LogP contribution in [0.4, 0.5) is 0 Å². The van der Waals surface area contributed by atoms with Gasteiger partial charge in [0.1, 0.15) is 5.01 Å². The largest absolute Gasteiger partial charge is 0.241 e. The van der Waals surface area contributed by atoms with E-state index in [0.29, 0.717) is 0 Å². The van der Waals surface area contributed by atoms with E-state index in [1.807, 2.05) is 50.4 Å². The van der Waals surface area contributed by atoms with Crippen LogP contribution < -0.4 is 0 Å². The summed E-state index contributed by atoms with van der Waals surface area (Å²) in [7, 11) is 0. The lowest BCUT2D eigenvalue weighted by atomic mass is 10.2. The summed E-state index contributed by atoms with van der Waals surface area (Å²) in [5.74, 6) is 0. The quantitative estimate of drug-likeness (QED) is 0.697. The van der Waals surface area contributed by atoms with Gasteiger partial charge < -0.3 is 0 Å². The molecule has 0 saturated carbocycles. The molecule has 1 aromatic carbocycles. The van der Waals surface area contributed by atoms with Crippen molar-refractivity contribution in [3.63, 3.8) is 0 Å². The van der Waals surface area contributed by atoms with E-state index in [9.17, 15) is 0 Å². The Bertz CT molecular complexity index is 423. The zero-order valence-electron chi connectivity index (χ0n) is 9.12. The summed E-state index contributed by atoms with van der Waals surface area (Å²) in [5, 5.41) is 3.78. The molecule has 15 heavy (non-hydrogen) atoms. The minimum atomic E-state index is 0.761. The molecule has 0 unspecified atom stereocenters. The highest BCUT2D eigenvalue weighted by Gasteiger charge is 2.05. The molecule has 1 nitrogen and oxygen atoms in total. The van der Waals surface area contributed by atoms with Gasteiger partial charge in [-0.2, -0.15) is 0 Å². The van der Waals surface area contributed by atoms with Crippen LogP contribution in [0.15, 0.2) is 29.6 Å².